The summed E-state index contributed by atoms with van der Waals surface area (Å²) in [4.78, 5) is 33.3. The Bertz CT molecular complexity index is 369. The Morgan fingerprint density at radius 2 is 2.06 bits per heavy atom. The summed E-state index contributed by atoms with van der Waals surface area (Å²) >= 11 is 0. The van der Waals surface area contributed by atoms with Crippen molar-refractivity contribution < 1.29 is 32.7 Å². The van der Waals surface area contributed by atoms with Crippen molar-refractivity contribution in [3.05, 3.63) is 0 Å². The number of carbonyl (C=O) groups excluding carboxylic acids is 2. The van der Waals surface area contributed by atoms with Crippen LogP contribution in [0.4, 0.5) is 13.2 Å². The van der Waals surface area contributed by atoms with E-state index < -0.39 is 43.0 Å². The van der Waals surface area contributed by atoms with Gasteiger partial charge in [0.1, 0.15) is 13.1 Å². The predicted molar refractivity (Wildman–Crippen MR) is 51.4 cm³/mol. The first-order valence-electron chi connectivity index (χ1n) is 5.03. The fourth-order valence-corrected chi connectivity index (χ4v) is 1.62. The maximum Gasteiger partial charge on any atom is 0.406 e. The number of rotatable bonds is 4. The van der Waals surface area contributed by atoms with E-state index in [1.807, 2.05) is 5.32 Å². The van der Waals surface area contributed by atoms with Crippen LogP contribution in [0.2, 0.25) is 0 Å². The maximum atomic E-state index is 12.1. The number of carboxylic acid groups (broad SMARTS) is 1. The Labute approximate surface area is 99.7 Å². The van der Waals surface area contributed by atoms with Gasteiger partial charge in [0.25, 0.3) is 0 Å². The molecular formula is C9H11F3N2O4. The van der Waals surface area contributed by atoms with Crippen LogP contribution in [0.5, 0.6) is 0 Å². The quantitative estimate of drug-likeness (QED) is 0.726. The monoisotopic (exact) mass is 268 g/mol. The minimum absolute atomic E-state index is 0.332. The van der Waals surface area contributed by atoms with E-state index >= 15 is 0 Å². The van der Waals surface area contributed by atoms with Gasteiger partial charge in [0.2, 0.25) is 11.8 Å². The van der Waals surface area contributed by atoms with E-state index in [4.69, 9.17) is 5.11 Å². The molecule has 1 heterocycles. The maximum absolute atomic E-state index is 12.1. The second kappa shape index (κ2) is 5.23. The van der Waals surface area contributed by atoms with Gasteiger partial charge in [-0.1, -0.05) is 0 Å². The van der Waals surface area contributed by atoms with Gasteiger partial charge in [0.15, 0.2) is 0 Å². The standard InChI is InChI=1S/C9H11F3N2O4/c10-9(11,12)4-14-3-5(1-6(14)15)8(18)13-2-7(16)17/h5H,1-4H2,(H,13,18)(H,16,17). The second-order valence-corrected chi connectivity index (χ2v) is 3.90. The van der Waals surface area contributed by atoms with Crippen molar-refractivity contribution >= 4 is 17.8 Å². The molecule has 1 fully saturated rings. The van der Waals surface area contributed by atoms with Crippen LogP contribution >= 0.6 is 0 Å². The zero-order chi connectivity index (χ0) is 13.9. The lowest BCUT2D eigenvalue weighted by atomic mass is 10.1. The van der Waals surface area contributed by atoms with E-state index in [-0.39, 0.29) is 13.0 Å². The summed E-state index contributed by atoms with van der Waals surface area (Å²) in [6, 6.07) is 0. The number of aliphatic carboxylic acids is 1. The van der Waals surface area contributed by atoms with E-state index in [0.717, 1.165) is 0 Å². The molecule has 0 spiro atoms. The van der Waals surface area contributed by atoms with Crippen molar-refractivity contribution in [3.8, 4) is 0 Å². The summed E-state index contributed by atoms with van der Waals surface area (Å²) in [5.74, 6) is -3.68. The highest BCUT2D eigenvalue weighted by Gasteiger charge is 2.40. The van der Waals surface area contributed by atoms with Crippen molar-refractivity contribution in [3.63, 3.8) is 0 Å². The molecule has 0 aromatic carbocycles. The lowest BCUT2D eigenvalue weighted by molar-refractivity contribution is -0.157. The number of hydrogen-bond donors (Lipinski definition) is 2. The van der Waals surface area contributed by atoms with E-state index in [9.17, 15) is 27.6 Å². The highest BCUT2D eigenvalue weighted by Crippen LogP contribution is 2.23. The third-order valence-electron chi connectivity index (χ3n) is 2.37. The average molecular weight is 268 g/mol. The number of nitrogens with one attached hydrogen (secondary N) is 1. The largest absolute Gasteiger partial charge is 0.480 e. The molecule has 1 atom stereocenters. The van der Waals surface area contributed by atoms with Crippen LogP contribution in [0, 0.1) is 5.92 Å². The molecular weight excluding hydrogens is 257 g/mol. The summed E-state index contributed by atoms with van der Waals surface area (Å²) in [5, 5.41) is 10.4. The van der Waals surface area contributed by atoms with Crippen molar-refractivity contribution in [2.45, 2.75) is 12.6 Å². The van der Waals surface area contributed by atoms with Crippen molar-refractivity contribution in [1.82, 2.24) is 10.2 Å². The van der Waals surface area contributed by atoms with Crippen LogP contribution in [0.3, 0.4) is 0 Å². The smallest absolute Gasteiger partial charge is 0.406 e. The molecule has 0 saturated carbocycles. The van der Waals surface area contributed by atoms with Crippen LogP contribution in [0.15, 0.2) is 0 Å². The van der Waals surface area contributed by atoms with E-state index in [0.29, 0.717) is 4.90 Å². The minimum Gasteiger partial charge on any atom is -0.480 e. The predicted octanol–water partition coefficient (Wildman–Crippen LogP) is -0.402. The van der Waals surface area contributed by atoms with E-state index in [2.05, 4.69) is 0 Å². The normalized spacial score (nSPS) is 20.1. The van der Waals surface area contributed by atoms with Gasteiger partial charge in [-0.25, -0.2) is 0 Å². The molecule has 0 radical (unpaired) electrons. The zero-order valence-corrected chi connectivity index (χ0v) is 9.16. The van der Waals surface area contributed by atoms with Crippen molar-refractivity contribution in [1.29, 1.82) is 0 Å². The lowest BCUT2D eigenvalue weighted by Crippen LogP contribution is -2.38. The fourth-order valence-electron chi connectivity index (χ4n) is 1.62. The lowest BCUT2D eigenvalue weighted by Gasteiger charge is -2.18. The molecule has 1 aliphatic heterocycles. The molecule has 0 bridgehead atoms. The van der Waals surface area contributed by atoms with Gasteiger partial charge in [0.05, 0.1) is 5.92 Å². The zero-order valence-electron chi connectivity index (χ0n) is 9.16. The number of alkyl halides is 3. The highest BCUT2D eigenvalue weighted by molar-refractivity contribution is 5.90. The minimum atomic E-state index is -4.51. The van der Waals surface area contributed by atoms with Crippen LogP contribution < -0.4 is 5.32 Å². The van der Waals surface area contributed by atoms with Crippen LogP contribution in [0.1, 0.15) is 6.42 Å². The molecule has 9 heteroatoms. The molecule has 0 aromatic heterocycles. The first-order chi connectivity index (χ1) is 8.19. The molecule has 6 nitrogen and oxygen atoms in total. The van der Waals surface area contributed by atoms with Gasteiger partial charge in [-0.05, 0) is 0 Å². The number of carboxylic acids is 1. The first kappa shape index (κ1) is 14.3. The summed E-state index contributed by atoms with van der Waals surface area (Å²) in [6.45, 7) is -2.36. The van der Waals surface area contributed by atoms with Crippen LogP contribution in [-0.4, -0.2) is 53.6 Å². The molecule has 0 aliphatic carbocycles. The first-order valence-corrected chi connectivity index (χ1v) is 5.03. The Balaban J connectivity index is 2.50. The number of amides is 2. The molecule has 1 rings (SSSR count). The summed E-state index contributed by atoms with van der Waals surface area (Å²) < 4.78 is 36.3. The molecule has 1 aliphatic rings. The third kappa shape index (κ3) is 4.22. The van der Waals surface area contributed by atoms with Gasteiger partial charge in [0, 0.05) is 13.0 Å². The van der Waals surface area contributed by atoms with Gasteiger partial charge < -0.3 is 15.3 Å². The molecule has 2 N–H and O–H groups in total. The number of hydrogen-bond acceptors (Lipinski definition) is 3. The Kier molecular flexibility index (Phi) is 4.15. The number of nitrogens with zero attached hydrogens (tertiary/aromatic N) is 1. The molecule has 1 unspecified atom stereocenters. The number of likely N-dealkylation sites (tertiary alicyclic amines) is 1. The average Bonchev–Trinajstić information content (AvgIpc) is 2.54. The molecule has 18 heavy (non-hydrogen) atoms. The Morgan fingerprint density at radius 3 is 2.56 bits per heavy atom. The van der Waals surface area contributed by atoms with Gasteiger partial charge >= 0.3 is 12.1 Å². The van der Waals surface area contributed by atoms with Crippen LogP contribution in [0.25, 0.3) is 0 Å². The molecule has 0 aromatic rings. The Hall–Kier alpha value is -1.80. The SMILES string of the molecule is O=C(O)CNC(=O)C1CC(=O)N(CC(F)(F)F)C1. The summed E-state index contributed by atoms with van der Waals surface area (Å²) in [7, 11) is 0. The van der Waals surface area contributed by atoms with E-state index in [1.165, 1.54) is 0 Å². The van der Waals surface area contributed by atoms with Crippen molar-refractivity contribution in [2.24, 2.45) is 5.92 Å². The van der Waals surface area contributed by atoms with Crippen LogP contribution in [-0.2, 0) is 14.4 Å². The topological polar surface area (TPSA) is 86.7 Å². The fraction of sp³-hybridized carbons (Fsp3) is 0.667. The van der Waals surface area contributed by atoms with E-state index in [1.54, 1.807) is 0 Å². The van der Waals surface area contributed by atoms with Gasteiger partial charge in [-0.2, -0.15) is 13.2 Å². The Morgan fingerprint density at radius 1 is 1.44 bits per heavy atom. The number of halogens is 3. The summed E-state index contributed by atoms with van der Waals surface area (Å²) in [5.41, 5.74) is 0. The second-order valence-electron chi connectivity index (χ2n) is 3.90. The van der Waals surface area contributed by atoms with Gasteiger partial charge in [-0.15, -0.1) is 0 Å². The van der Waals surface area contributed by atoms with Crippen molar-refractivity contribution in [2.75, 3.05) is 19.6 Å². The number of carbonyl (C=O) groups is 3. The molecule has 1 saturated heterocycles. The summed E-state index contributed by atoms with van der Waals surface area (Å²) in [6.07, 6.45) is -4.84. The third-order valence-corrected chi connectivity index (χ3v) is 2.37. The molecule has 102 valence electrons. The highest BCUT2D eigenvalue weighted by atomic mass is 19.4. The van der Waals surface area contributed by atoms with Gasteiger partial charge in [-0.3, -0.25) is 14.4 Å². The molecule has 2 amide bonds.